The molecule has 2 unspecified atom stereocenters. The molecule has 2 rings (SSSR count). The van der Waals surface area contributed by atoms with Crippen molar-refractivity contribution < 1.29 is 19.8 Å². The number of hydrogen-bond acceptors (Lipinski definition) is 3. The molecular formula is C20H30N2O4. The van der Waals surface area contributed by atoms with Gasteiger partial charge in [0.15, 0.2) is 0 Å². The maximum Gasteiger partial charge on any atom is 0.315 e. The van der Waals surface area contributed by atoms with Crippen LogP contribution in [0.1, 0.15) is 45.1 Å². The van der Waals surface area contributed by atoms with Crippen molar-refractivity contribution in [1.29, 1.82) is 0 Å². The Morgan fingerprint density at radius 2 is 1.81 bits per heavy atom. The van der Waals surface area contributed by atoms with Gasteiger partial charge in [0.05, 0.1) is 12.0 Å². The van der Waals surface area contributed by atoms with Crippen LogP contribution in [0.2, 0.25) is 0 Å². The quantitative estimate of drug-likeness (QED) is 0.599. The second kappa shape index (κ2) is 9.03. The molecule has 1 aliphatic carbocycles. The summed E-state index contributed by atoms with van der Waals surface area (Å²) in [4.78, 5) is 23.2. The highest BCUT2D eigenvalue weighted by atomic mass is 16.4. The fourth-order valence-electron chi connectivity index (χ4n) is 3.42. The summed E-state index contributed by atoms with van der Waals surface area (Å²) in [6.45, 7) is 4.06. The fourth-order valence-corrected chi connectivity index (χ4v) is 3.42. The first-order valence-corrected chi connectivity index (χ1v) is 9.29. The Bertz CT molecular complexity index is 597. The van der Waals surface area contributed by atoms with E-state index in [9.17, 15) is 14.7 Å². The predicted octanol–water partition coefficient (Wildman–Crippen LogP) is 2.56. The van der Waals surface area contributed by atoms with E-state index in [1.807, 2.05) is 37.3 Å². The monoisotopic (exact) mass is 362 g/mol. The molecule has 1 aliphatic rings. The van der Waals surface area contributed by atoms with Crippen molar-refractivity contribution >= 4 is 12.0 Å². The number of urea groups is 1. The molecule has 0 bridgehead atoms. The molecule has 0 aliphatic heterocycles. The van der Waals surface area contributed by atoms with Crippen molar-refractivity contribution in [2.24, 2.45) is 11.3 Å². The average Bonchev–Trinajstić information content (AvgIpc) is 2.61. The lowest BCUT2D eigenvalue weighted by Gasteiger charge is -2.33. The first-order chi connectivity index (χ1) is 12.3. The summed E-state index contributed by atoms with van der Waals surface area (Å²) in [5.41, 5.74) is 0.643. The standard InChI is InChI=1S/C20H30N2O4/c1-14(23)20(2,12-15-6-4-3-5-7-15)13-21-19(26)22-17-10-8-16(9-11-17)18(24)25/h3-7,14,16-17,23H,8-13H2,1-2H3,(H,24,25)(H2,21,22,26). The topological polar surface area (TPSA) is 98.7 Å². The number of benzene rings is 1. The van der Waals surface area contributed by atoms with Gasteiger partial charge in [-0.3, -0.25) is 4.79 Å². The van der Waals surface area contributed by atoms with Crippen LogP contribution in [0.3, 0.4) is 0 Å². The highest BCUT2D eigenvalue weighted by Crippen LogP contribution is 2.27. The second-order valence-corrected chi connectivity index (χ2v) is 7.71. The van der Waals surface area contributed by atoms with E-state index in [4.69, 9.17) is 5.11 Å². The molecule has 0 saturated heterocycles. The summed E-state index contributed by atoms with van der Waals surface area (Å²) in [6, 6.07) is 9.66. The van der Waals surface area contributed by atoms with Gasteiger partial charge in [-0.1, -0.05) is 37.3 Å². The molecule has 1 saturated carbocycles. The molecule has 4 N–H and O–H groups in total. The Morgan fingerprint density at radius 3 is 2.35 bits per heavy atom. The number of aliphatic hydroxyl groups is 1. The summed E-state index contributed by atoms with van der Waals surface area (Å²) < 4.78 is 0. The highest BCUT2D eigenvalue weighted by Gasteiger charge is 2.31. The van der Waals surface area contributed by atoms with Gasteiger partial charge < -0.3 is 20.8 Å². The number of nitrogens with one attached hydrogen (secondary N) is 2. The van der Waals surface area contributed by atoms with Crippen LogP contribution in [0, 0.1) is 11.3 Å². The van der Waals surface area contributed by atoms with Crippen LogP contribution in [0.25, 0.3) is 0 Å². The summed E-state index contributed by atoms with van der Waals surface area (Å²) >= 11 is 0. The molecule has 2 atom stereocenters. The Kier molecular flexibility index (Phi) is 7.03. The molecule has 1 aromatic carbocycles. The van der Waals surface area contributed by atoms with E-state index in [0.29, 0.717) is 38.6 Å². The van der Waals surface area contributed by atoms with E-state index >= 15 is 0 Å². The average molecular weight is 362 g/mol. The number of aliphatic hydroxyl groups excluding tert-OH is 1. The van der Waals surface area contributed by atoms with E-state index in [0.717, 1.165) is 5.56 Å². The van der Waals surface area contributed by atoms with Crippen molar-refractivity contribution in [3.63, 3.8) is 0 Å². The van der Waals surface area contributed by atoms with Crippen molar-refractivity contribution in [3.05, 3.63) is 35.9 Å². The maximum atomic E-state index is 12.2. The van der Waals surface area contributed by atoms with Gasteiger partial charge in [0, 0.05) is 18.0 Å². The number of carboxylic acid groups (broad SMARTS) is 1. The Balaban J connectivity index is 1.83. The number of aliphatic carboxylic acids is 1. The van der Waals surface area contributed by atoms with Crippen molar-refractivity contribution in [3.8, 4) is 0 Å². The van der Waals surface area contributed by atoms with Crippen LogP contribution in [0.5, 0.6) is 0 Å². The molecule has 6 heteroatoms. The minimum atomic E-state index is -0.749. The number of rotatable bonds is 7. The maximum absolute atomic E-state index is 12.2. The molecule has 1 fully saturated rings. The predicted molar refractivity (Wildman–Crippen MR) is 99.9 cm³/mol. The lowest BCUT2D eigenvalue weighted by Crippen LogP contribution is -2.49. The number of amides is 2. The minimum Gasteiger partial charge on any atom is -0.481 e. The summed E-state index contributed by atoms with van der Waals surface area (Å²) in [5.74, 6) is -1.04. The smallest absolute Gasteiger partial charge is 0.315 e. The van der Waals surface area contributed by atoms with Gasteiger partial charge in [-0.25, -0.2) is 4.79 Å². The number of carboxylic acids is 1. The normalized spacial score (nSPS) is 23.5. The van der Waals surface area contributed by atoms with Crippen LogP contribution in [-0.4, -0.2) is 40.9 Å². The van der Waals surface area contributed by atoms with Gasteiger partial charge in [0.2, 0.25) is 0 Å². The summed E-state index contributed by atoms with van der Waals surface area (Å²) in [5, 5.41) is 25.1. The lowest BCUT2D eigenvalue weighted by atomic mass is 9.79. The van der Waals surface area contributed by atoms with Gasteiger partial charge in [0.1, 0.15) is 0 Å². The SMILES string of the molecule is CC(O)C(C)(CNC(=O)NC1CCC(C(=O)O)CC1)Cc1ccccc1. The number of carbonyl (C=O) groups excluding carboxylic acids is 1. The van der Waals surface area contributed by atoms with E-state index in [1.54, 1.807) is 6.92 Å². The molecule has 0 heterocycles. The van der Waals surface area contributed by atoms with Crippen LogP contribution < -0.4 is 10.6 Å². The second-order valence-electron chi connectivity index (χ2n) is 7.71. The van der Waals surface area contributed by atoms with Gasteiger partial charge in [-0.2, -0.15) is 0 Å². The van der Waals surface area contributed by atoms with Crippen LogP contribution >= 0.6 is 0 Å². The third-order valence-corrected chi connectivity index (χ3v) is 5.52. The molecule has 6 nitrogen and oxygen atoms in total. The molecular weight excluding hydrogens is 332 g/mol. The first kappa shape index (κ1) is 20.2. The minimum absolute atomic E-state index is 0.0116. The van der Waals surface area contributed by atoms with Gasteiger partial charge >= 0.3 is 12.0 Å². The molecule has 0 radical (unpaired) electrons. The van der Waals surface area contributed by atoms with Gasteiger partial charge in [-0.15, -0.1) is 0 Å². The molecule has 0 aromatic heterocycles. The van der Waals surface area contributed by atoms with Crippen molar-refractivity contribution in [1.82, 2.24) is 10.6 Å². The Labute approximate surface area is 155 Å². The van der Waals surface area contributed by atoms with Crippen LogP contribution in [0.4, 0.5) is 4.79 Å². The van der Waals surface area contributed by atoms with E-state index in [-0.39, 0.29) is 18.0 Å². The lowest BCUT2D eigenvalue weighted by molar-refractivity contribution is -0.142. The molecule has 0 spiro atoms. The summed E-state index contributed by atoms with van der Waals surface area (Å²) in [6.07, 6.45) is 2.65. The zero-order valence-electron chi connectivity index (χ0n) is 15.6. The van der Waals surface area contributed by atoms with Crippen molar-refractivity contribution in [2.75, 3.05) is 6.54 Å². The molecule has 144 valence electrons. The van der Waals surface area contributed by atoms with E-state index in [2.05, 4.69) is 10.6 Å². The van der Waals surface area contributed by atoms with E-state index < -0.39 is 17.5 Å². The fraction of sp³-hybridized carbons (Fsp3) is 0.600. The Morgan fingerprint density at radius 1 is 1.19 bits per heavy atom. The van der Waals surface area contributed by atoms with E-state index in [1.165, 1.54) is 0 Å². The third-order valence-electron chi connectivity index (χ3n) is 5.52. The highest BCUT2D eigenvalue weighted by molar-refractivity contribution is 5.74. The zero-order valence-corrected chi connectivity index (χ0v) is 15.6. The zero-order chi connectivity index (χ0) is 19.2. The van der Waals surface area contributed by atoms with Crippen LogP contribution in [0.15, 0.2) is 30.3 Å². The van der Waals surface area contributed by atoms with Gasteiger partial charge in [0.25, 0.3) is 0 Å². The summed E-state index contributed by atoms with van der Waals surface area (Å²) in [7, 11) is 0. The van der Waals surface area contributed by atoms with Crippen molar-refractivity contribution in [2.45, 2.75) is 58.1 Å². The van der Waals surface area contributed by atoms with Crippen LogP contribution in [-0.2, 0) is 11.2 Å². The largest absolute Gasteiger partial charge is 0.481 e. The first-order valence-electron chi connectivity index (χ1n) is 9.29. The third kappa shape index (κ3) is 5.73. The van der Waals surface area contributed by atoms with Gasteiger partial charge in [-0.05, 0) is 44.6 Å². The molecule has 2 amide bonds. The molecule has 26 heavy (non-hydrogen) atoms. The number of hydrogen-bond donors (Lipinski definition) is 4. The number of carbonyl (C=O) groups is 2. The Hall–Kier alpha value is -2.08. The molecule has 1 aromatic rings.